The highest BCUT2D eigenvalue weighted by Gasteiger charge is 2.19. The Bertz CT molecular complexity index is 2820. The van der Waals surface area contributed by atoms with Crippen LogP contribution in [0.3, 0.4) is 0 Å². The van der Waals surface area contributed by atoms with Gasteiger partial charge in [0.1, 0.15) is 11.2 Å². The van der Waals surface area contributed by atoms with Crippen molar-refractivity contribution >= 4 is 71.7 Å². The maximum absolute atomic E-state index is 6.52. The summed E-state index contributed by atoms with van der Waals surface area (Å²) in [6, 6.07) is 60.3. The normalized spacial score (nSPS) is 11.7. The van der Waals surface area contributed by atoms with Crippen LogP contribution in [-0.4, -0.2) is 9.55 Å². The maximum atomic E-state index is 6.52. The zero-order valence-electron chi connectivity index (χ0n) is 26.5. The number of anilines is 3. The minimum atomic E-state index is 0.839. The van der Waals surface area contributed by atoms with Crippen molar-refractivity contribution in [2.45, 2.75) is 0 Å². The summed E-state index contributed by atoms with van der Waals surface area (Å²) in [5, 5.41) is 5.73. The summed E-state index contributed by atoms with van der Waals surface area (Å²) in [5.74, 6) is 0. The predicted molar refractivity (Wildman–Crippen MR) is 203 cm³/mol. The van der Waals surface area contributed by atoms with Crippen molar-refractivity contribution < 1.29 is 4.42 Å². The summed E-state index contributed by atoms with van der Waals surface area (Å²) >= 11 is 0. The fourth-order valence-corrected chi connectivity index (χ4v) is 7.31. The summed E-state index contributed by atoms with van der Waals surface area (Å²) in [4.78, 5) is 6.88. The van der Waals surface area contributed by atoms with E-state index >= 15 is 0 Å². The van der Waals surface area contributed by atoms with Crippen LogP contribution >= 0.6 is 0 Å². The van der Waals surface area contributed by atoms with Crippen molar-refractivity contribution in [3.05, 3.63) is 176 Å². The second-order valence-electron chi connectivity index (χ2n) is 12.5. The Balaban J connectivity index is 1.19. The highest BCUT2D eigenvalue weighted by atomic mass is 16.3. The van der Waals surface area contributed by atoms with Crippen molar-refractivity contribution in [1.29, 1.82) is 0 Å². The van der Waals surface area contributed by atoms with Crippen molar-refractivity contribution in [2.24, 2.45) is 0 Å². The Hall–Kier alpha value is -6.65. The van der Waals surface area contributed by atoms with Gasteiger partial charge in [-0.25, -0.2) is 0 Å². The molecule has 0 saturated heterocycles. The van der Waals surface area contributed by atoms with Crippen molar-refractivity contribution in [1.82, 2.24) is 9.55 Å². The lowest BCUT2D eigenvalue weighted by atomic mass is 10.0. The average molecular weight is 628 g/mol. The van der Waals surface area contributed by atoms with Gasteiger partial charge in [-0.2, -0.15) is 0 Å². The van der Waals surface area contributed by atoms with Gasteiger partial charge in [0.15, 0.2) is 0 Å². The van der Waals surface area contributed by atoms with E-state index in [9.17, 15) is 0 Å². The first-order valence-corrected chi connectivity index (χ1v) is 16.5. The molecule has 0 bridgehead atoms. The van der Waals surface area contributed by atoms with Gasteiger partial charge in [-0.1, -0.05) is 91.0 Å². The number of fused-ring (bicyclic) bond motifs is 7. The minimum Gasteiger partial charge on any atom is -0.456 e. The molecule has 49 heavy (non-hydrogen) atoms. The van der Waals surface area contributed by atoms with E-state index in [1.54, 1.807) is 0 Å². The molecule has 0 aliphatic rings. The van der Waals surface area contributed by atoms with E-state index in [-0.39, 0.29) is 0 Å². The molecule has 230 valence electrons. The molecule has 0 radical (unpaired) electrons. The fraction of sp³-hybridized carbons (Fsp3) is 0. The molecular weight excluding hydrogens is 599 g/mol. The van der Waals surface area contributed by atoms with Crippen LogP contribution in [0.1, 0.15) is 0 Å². The second kappa shape index (κ2) is 11.0. The molecule has 4 nitrogen and oxygen atoms in total. The SMILES string of the molecule is c1ccc(-c2ccc(N(c3ccc4c(c3)oc3cc5ncccc5cc34)c3ccc4c5ccccc5n(-c5ccccc5)c4c3)cc2)cc1. The van der Waals surface area contributed by atoms with E-state index in [1.165, 1.54) is 27.4 Å². The molecular formula is C45H29N3O. The molecule has 0 unspecified atom stereocenters. The molecule has 0 aliphatic carbocycles. The van der Waals surface area contributed by atoms with Gasteiger partial charge in [-0.05, 0) is 77.9 Å². The Morgan fingerprint density at radius 2 is 1.10 bits per heavy atom. The lowest BCUT2D eigenvalue weighted by Crippen LogP contribution is -2.10. The topological polar surface area (TPSA) is 34.2 Å². The van der Waals surface area contributed by atoms with E-state index in [4.69, 9.17) is 4.42 Å². The summed E-state index contributed by atoms with van der Waals surface area (Å²) in [5.41, 5.74) is 11.6. The Morgan fingerprint density at radius 1 is 0.449 bits per heavy atom. The number of hydrogen-bond donors (Lipinski definition) is 0. The lowest BCUT2D eigenvalue weighted by Gasteiger charge is -2.26. The largest absolute Gasteiger partial charge is 0.456 e. The Labute approximate surface area is 282 Å². The monoisotopic (exact) mass is 627 g/mol. The van der Waals surface area contributed by atoms with Crippen molar-refractivity contribution in [2.75, 3.05) is 4.90 Å². The highest BCUT2D eigenvalue weighted by molar-refractivity contribution is 6.12. The quantitative estimate of drug-likeness (QED) is 0.190. The molecule has 3 heterocycles. The third-order valence-electron chi connectivity index (χ3n) is 9.60. The zero-order valence-corrected chi connectivity index (χ0v) is 26.5. The van der Waals surface area contributed by atoms with Crippen molar-refractivity contribution in [3.8, 4) is 16.8 Å². The van der Waals surface area contributed by atoms with E-state index in [1.807, 2.05) is 18.3 Å². The van der Waals surface area contributed by atoms with E-state index < -0.39 is 0 Å². The minimum absolute atomic E-state index is 0.839. The highest BCUT2D eigenvalue weighted by Crippen LogP contribution is 2.42. The van der Waals surface area contributed by atoms with Gasteiger partial charge in [-0.3, -0.25) is 4.98 Å². The van der Waals surface area contributed by atoms with E-state index in [2.05, 4.69) is 172 Å². The molecule has 7 aromatic carbocycles. The van der Waals surface area contributed by atoms with Crippen LogP contribution in [-0.2, 0) is 0 Å². The number of pyridine rings is 1. The van der Waals surface area contributed by atoms with E-state index in [0.29, 0.717) is 0 Å². The number of hydrogen-bond acceptors (Lipinski definition) is 3. The van der Waals surface area contributed by atoms with E-state index in [0.717, 1.165) is 61.1 Å². The molecule has 0 fully saturated rings. The Kier molecular flexibility index (Phi) is 6.15. The third-order valence-corrected chi connectivity index (χ3v) is 9.60. The van der Waals surface area contributed by atoms with Crippen LogP contribution < -0.4 is 4.90 Å². The molecule has 0 spiro atoms. The average Bonchev–Trinajstić information content (AvgIpc) is 3.69. The molecule has 0 N–H and O–H groups in total. The van der Waals surface area contributed by atoms with Crippen LogP contribution in [0.25, 0.3) is 71.5 Å². The van der Waals surface area contributed by atoms with Gasteiger partial charge in [-0.15, -0.1) is 0 Å². The first kappa shape index (κ1) is 27.5. The zero-order chi connectivity index (χ0) is 32.3. The van der Waals surface area contributed by atoms with Crippen LogP contribution in [0, 0.1) is 0 Å². The van der Waals surface area contributed by atoms with Crippen LogP contribution in [0.5, 0.6) is 0 Å². The molecule has 4 heteroatoms. The van der Waals surface area contributed by atoms with Gasteiger partial charge in [0, 0.05) is 68.0 Å². The molecule has 3 aromatic heterocycles. The van der Waals surface area contributed by atoms with Gasteiger partial charge >= 0.3 is 0 Å². The van der Waals surface area contributed by atoms with Crippen LogP contribution in [0.4, 0.5) is 17.1 Å². The molecule has 0 atom stereocenters. The molecule has 10 aromatic rings. The smallest absolute Gasteiger partial charge is 0.137 e. The summed E-state index contributed by atoms with van der Waals surface area (Å²) < 4.78 is 8.88. The van der Waals surface area contributed by atoms with Gasteiger partial charge in [0.25, 0.3) is 0 Å². The summed E-state index contributed by atoms with van der Waals surface area (Å²) in [7, 11) is 0. The first-order valence-electron chi connectivity index (χ1n) is 16.5. The Morgan fingerprint density at radius 3 is 1.94 bits per heavy atom. The number of aromatic nitrogens is 2. The summed E-state index contributed by atoms with van der Waals surface area (Å²) in [6.07, 6.45) is 1.82. The van der Waals surface area contributed by atoms with Gasteiger partial charge in [0.2, 0.25) is 0 Å². The van der Waals surface area contributed by atoms with Crippen LogP contribution in [0.2, 0.25) is 0 Å². The number of benzene rings is 7. The number of nitrogens with zero attached hydrogens (tertiary/aromatic N) is 3. The molecule has 0 amide bonds. The second-order valence-corrected chi connectivity index (χ2v) is 12.5. The van der Waals surface area contributed by atoms with Crippen LogP contribution in [0.15, 0.2) is 180 Å². The first-order chi connectivity index (χ1) is 24.3. The fourth-order valence-electron chi connectivity index (χ4n) is 7.31. The maximum Gasteiger partial charge on any atom is 0.137 e. The standard InChI is InChI=1S/C45H29N3O/c1-3-10-30(11-4-1)31-17-19-34(20-18-31)47(36-22-24-39-40-26-32-12-9-25-46-41(32)29-45(40)49-44(39)28-36)35-21-23-38-37-15-7-8-16-42(37)48(43(38)27-35)33-13-5-2-6-14-33/h1-29H. The third kappa shape index (κ3) is 4.49. The van der Waals surface area contributed by atoms with Gasteiger partial charge in [0.05, 0.1) is 16.6 Å². The number of rotatable bonds is 5. The van der Waals surface area contributed by atoms with Gasteiger partial charge < -0.3 is 13.9 Å². The summed E-state index contributed by atoms with van der Waals surface area (Å²) in [6.45, 7) is 0. The lowest BCUT2D eigenvalue weighted by molar-refractivity contribution is 0.669. The molecule has 0 aliphatic heterocycles. The molecule has 10 rings (SSSR count). The molecule has 0 saturated carbocycles. The predicted octanol–water partition coefficient (Wildman–Crippen LogP) is 12.4. The number of furan rings is 1. The van der Waals surface area contributed by atoms with Crippen molar-refractivity contribution in [3.63, 3.8) is 0 Å². The number of para-hydroxylation sites is 2.